The van der Waals surface area contributed by atoms with Gasteiger partial charge in [0.15, 0.2) is 0 Å². The van der Waals surface area contributed by atoms with Crippen LogP contribution in [0.15, 0.2) is 77.9 Å². The summed E-state index contributed by atoms with van der Waals surface area (Å²) in [5.41, 5.74) is 3.09. The number of aromatic hydroxyl groups is 1. The maximum atomic E-state index is 14.0. The van der Waals surface area contributed by atoms with Gasteiger partial charge in [-0.1, -0.05) is 48.0 Å². The van der Waals surface area contributed by atoms with Gasteiger partial charge in [-0.25, -0.2) is 9.82 Å². The van der Waals surface area contributed by atoms with E-state index in [1.807, 2.05) is 12.1 Å². The summed E-state index contributed by atoms with van der Waals surface area (Å²) < 4.78 is 60.7. The number of hydrogen-bond donors (Lipinski definition) is 2. The van der Waals surface area contributed by atoms with Crippen LogP contribution in [0, 0.1) is 5.82 Å². The van der Waals surface area contributed by atoms with Gasteiger partial charge in [-0.05, 0) is 41.3 Å². The minimum absolute atomic E-state index is 0.0978. The monoisotopic (exact) mass is 532 g/mol. The number of amides is 1. The summed E-state index contributed by atoms with van der Waals surface area (Å²) in [6.45, 7) is 0.0978. The minimum atomic E-state index is -4.76. The maximum absolute atomic E-state index is 14.0. The van der Waals surface area contributed by atoms with Crippen molar-refractivity contribution in [2.75, 3.05) is 0 Å². The Morgan fingerprint density at radius 3 is 2.43 bits per heavy atom. The molecule has 0 fully saturated rings. The summed E-state index contributed by atoms with van der Waals surface area (Å²) in [4.78, 5) is 12.3. The molecule has 0 aromatic heterocycles. The zero-order valence-electron chi connectivity index (χ0n) is 18.7. The molecule has 0 unspecified atom stereocenters. The number of fused-ring (bicyclic) bond motifs is 1. The number of phenols is 1. The predicted molar refractivity (Wildman–Crippen MR) is 130 cm³/mol. The molecule has 0 aliphatic rings. The molecule has 0 saturated heterocycles. The Bertz CT molecular complexity index is 1470. The maximum Gasteiger partial charge on any atom is 0.573 e. The SMILES string of the molecule is O=C(NN=Cc1ccc(OCc2ccc(OC(F)(F)F)cc2)c2ccccc12)c1cc(Cl)c(O)cc1F. The number of alkyl halides is 3. The summed E-state index contributed by atoms with van der Waals surface area (Å²) in [6.07, 6.45) is -3.39. The van der Waals surface area contributed by atoms with Crippen LogP contribution >= 0.6 is 11.6 Å². The molecule has 1 amide bonds. The van der Waals surface area contributed by atoms with Gasteiger partial charge in [-0.2, -0.15) is 5.10 Å². The Balaban J connectivity index is 1.47. The Morgan fingerprint density at radius 2 is 1.73 bits per heavy atom. The third kappa shape index (κ3) is 6.47. The molecule has 4 aromatic rings. The summed E-state index contributed by atoms with van der Waals surface area (Å²) in [5, 5.41) is 14.6. The molecule has 37 heavy (non-hydrogen) atoms. The highest BCUT2D eigenvalue weighted by Crippen LogP contribution is 2.29. The van der Waals surface area contributed by atoms with Crippen LogP contribution in [0.3, 0.4) is 0 Å². The van der Waals surface area contributed by atoms with Gasteiger partial charge in [-0.3, -0.25) is 4.79 Å². The second-order valence-corrected chi connectivity index (χ2v) is 8.07. The molecular weight excluding hydrogens is 516 g/mol. The van der Waals surface area contributed by atoms with Crippen LogP contribution in [0.1, 0.15) is 21.5 Å². The van der Waals surface area contributed by atoms with E-state index in [0.717, 1.165) is 22.9 Å². The van der Waals surface area contributed by atoms with Crippen molar-refractivity contribution in [1.29, 1.82) is 0 Å². The molecule has 11 heteroatoms. The zero-order valence-corrected chi connectivity index (χ0v) is 19.5. The molecule has 6 nitrogen and oxygen atoms in total. The first-order valence-electron chi connectivity index (χ1n) is 10.6. The smallest absolute Gasteiger partial charge is 0.506 e. The predicted octanol–water partition coefficient (Wildman–Crippen LogP) is 6.58. The van der Waals surface area contributed by atoms with E-state index in [2.05, 4.69) is 15.3 Å². The van der Waals surface area contributed by atoms with Crippen molar-refractivity contribution in [2.24, 2.45) is 5.10 Å². The number of ether oxygens (including phenoxy) is 2. The van der Waals surface area contributed by atoms with Gasteiger partial charge in [0.25, 0.3) is 5.91 Å². The first kappa shape index (κ1) is 25.8. The number of phenolic OH excluding ortho intramolecular Hbond substituents is 1. The summed E-state index contributed by atoms with van der Waals surface area (Å²) in [5.74, 6) is -2.10. The Hall–Kier alpha value is -4.31. The highest BCUT2D eigenvalue weighted by Gasteiger charge is 2.30. The van der Waals surface area contributed by atoms with Gasteiger partial charge in [0.2, 0.25) is 0 Å². The quantitative estimate of drug-likeness (QED) is 0.160. The van der Waals surface area contributed by atoms with Crippen LogP contribution in [0.2, 0.25) is 5.02 Å². The number of carbonyl (C=O) groups is 1. The summed E-state index contributed by atoms with van der Waals surface area (Å²) in [6, 6.07) is 17.7. The first-order chi connectivity index (χ1) is 17.6. The van der Waals surface area contributed by atoms with E-state index in [0.29, 0.717) is 16.9 Å². The van der Waals surface area contributed by atoms with Gasteiger partial charge in [0.05, 0.1) is 16.8 Å². The highest BCUT2D eigenvalue weighted by atomic mass is 35.5. The van der Waals surface area contributed by atoms with Crippen molar-refractivity contribution in [1.82, 2.24) is 5.43 Å². The lowest BCUT2D eigenvalue weighted by Gasteiger charge is -2.12. The molecule has 4 aromatic carbocycles. The molecule has 0 spiro atoms. The molecule has 0 radical (unpaired) electrons. The normalized spacial score (nSPS) is 11.6. The molecule has 190 valence electrons. The van der Waals surface area contributed by atoms with E-state index < -0.39 is 23.8 Å². The molecule has 0 aliphatic heterocycles. The van der Waals surface area contributed by atoms with E-state index >= 15 is 0 Å². The average Bonchev–Trinajstić information content (AvgIpc) is 2.85. The van der Waals surface area contributed by atoms with Crippen LogP contribution < -0.4 is 14.9 Å². The van der Waals surface area contributed by atoms with E-state index in [4.69, 9.17) is 16.3 Å². The highest BCUT2D eigenvalue weighted by molar-refractivity contribution is 6.32. The number of nitrogens with zero attached hydrogens (tertiary/aromatic N) is 1. The second-order valence-electron chi connectivity index (χ2n) is 7.66. The van der Waals surface area contributed by atoms with E-state index in [1.54, 1.807) is 24.3 Å². The number of rotatable bonds is 7. The van der Waals surface area contributed by atoms with Crippen LogP contribution in [0.25, 0.3) is 10.8 Å². The summed E-state index contributed by atoms with van der Waals surface area (Å²) >= 11 is 5.74. The molecular formula is C26H17ClF4N2O4. The van der Waals surface area contributed by atoms with Crippen molar-refractivity contribution >= 4 is 34.5 Å². The second kappa shape index (κ2) is 10.8. The number of hydrazone groups is 1. The van der Waals surface area contributed by atoms with Crippen LogP contribution in [0.5, 0.6) is 17.2 Å². The van der Waals surface area contributed by atoms with E-state index in [1.165, 1.54) is 30.5 Å². The third-order valence-electron chi connectivity index (χ3n) is 5.12. The number of nitrogens with one attached hydrogen (secondary N) is 1. The van der Waals surface area contributed by atoms with Crippen LogP contribution in [-0.4, -0.2) is 23.6 Å². The average molecular weight is 533 g/mol. The van der Waals surface area contributed by atoms with Crippen LogP contribution in [-0.2, 0) is 6.61 Å². The van der Waals surface area contributed by atoms with Gasteiger partial charge in [0, 0.05) is 17.0 Å². The topological polar surface area (TPSA) is 80.2 Å². The Morgan fingerprint density at radius 1 is 1.03 bits per heavy atom. The van der Waals surface area contributed by atoms with Gasteiger partial charge in [-0.15, -0.1) is 13.2 Å². The molecule has 0 aliphatic carbocycles. The number of hydrogen-bond acceptors (Lipinski definition) is 5. The molecule has 0 atom stereocenters. The fraction of sp³-hybridized carbons (Fsp3) is 0.0769. The van der Waals surface area contributed by atoms with E-state index in [9.17, 15) is 27.5 Å². The van der Waals surface area contributed by atoms with Crippen molar-refractivity contribution < 1.29 is 36.9 Å². The fourth-order valence-electron chi connectivity index (χ4n) is 3.41. The standard InChI is InChI=1S/C26H17ClF4N2O4/c27-21-11-20(22(28)12-23(21)34)25(35)33-32-13-16-7-10-24(19-4-2-1-3-18(16)19)36-14-15-5-8-17(9-6-15)37-26(29,30)31/h1-13,34H,14H2,(H,33,35). The lowest BCUT2D eigenvalue weighted by Crippen LogP contribution is -2.19. The summed E-state index contributed by atoms with van der Waals surface area (Å²) in [7, 11) is 0. The van der Waals surface area contributed by atoms with Crippen molar-refractivity contribution in [3.05, 3.63) is 100 Å². The third-order valence-corrected chi connectivity index (χ3v) is 5.42. The zero-order chi connectivity index (χ0) is 26.6. The van der Waals surface area contributed by atoms with Gasteiger partial charge in [0.1, 0.15) is 29.7 Å². The Labute approximate surface area is 212 Å². The van der Waals surface area contributed by atoms with Gasteiger partial charge < -0.3 is 14.6 Å². The van der Waals surface area contributed by atoms with Crippen molar-refractivity contribution in [2.45, 2.75) is 13.0 Å². The Kier molecular flexibility index (Phi) is 7.49. The fourth-order valence-corrected chi connectivity index (χ4v) is 3.58. The minimum Gasteiger partial charge on any atom is -0.506 e. The van der Waals surface area contributed by atoms with Crippen molar-refractivity contribution in [3.63, 3.8) is 0 Å². The molecule has 2 N–H and O–H groups in total. The number of benzene rings is 4. The molecule has 0 heterocycles. The molecule has 0 saturated carbocycles. The first-order valence-corrected chi connectivity index (χ1v) is 11.0. The molecule has 0 bridgehead atoms. The number of carbonyl (C=O) groups excluding carboxylic acids is 1. The largest absolute Gasteiger partial charge is 0.573 e. The van der Waals surface area contributed by atoms with Crippen molar-refractivity contribution in [3.8, 4) is 17.2 Å². The molecule has 4 rings (SSSR count). The number of halogens is 5. The lowest BCUT2D eigenvalue weighted by molar-refractivity contribution is -0.274. The van der Waals surface area contributed by atoms with Gasteiger partial charge >= 0.3 is 6.36 Å². The van der Waals surface area contributed by atoms with E-state index in [-0.39, 0.29) is 22.9 Å². The lowest BCUT2D eigenvalue weighted by atomic mass is 10.0. The van der Waals surface area contributed by atoms with Crippen LogP contribution in [0.4, 0.5) is 17.6 Å².